The van der Waals surface area contributed by atoms with Crippen molar-refractivity contribution in [2.45, 2.75) is 36.1 Å². The third-order valence-corrected chi connectivity index (χ3v) is 6.10. The first-order valence-electron chi connectivity index (χ1n) is 10.2. The van der Waals surface area contributed by atoms with Crippen LogP contribution < -0.4 is 4.90 Å². The SMILES string of the molecule is CCC(=O)c1ccc2c(c1)N(CC(C)N(C)C)c1ccccc1S2.O=C(O)/C=C\C(=O)O. The van der Waals surface area contributed by atoms with Gasteiger partial charge in [0, 0.05) is 46.5 Å². The summed E-state index contributed by atoms with van der Waals surface area (Å²) in [4.78, 5) is 38.3. The fourth-order valence-corrected chi connectivity index (χ4v) is 4.05. The number of likely N-dealkylation sites (N-methyl/N-ethyl adjacent to an activating group) is 1. The number of benzene rings is 2. The molecule has 8 heteroatoms. The number of anilines is 2. The zero-order valence-corrected chi connectivity index (χ0v) is 19.4. The van der Waals surface area contributed by atoms with Gasteiger partial charge in [0.2, 0.25) is 0 Å². The summed E-state index contributed by atoms with van der Waals surface area (Å²) in [6.45, 7) is 5.03. The first kappa shape index (κ1) is 25.2. The number of nitrogens with zero attached hydrogens (tertiary/aromatic N) is 2. The second kappa shape index (κ2) is 11.5. The first-order valence-corrected chi connectivity index (χ1v) is 11.0. The summed E-state index contributed by atoms with van der Waals surface area (Å²) in [6, 6.07) is 15.0. The van der Waals surface area contributed by atoms with Crippen LogP contribution in [-0.2, 0) is 9.59 Å². The van der Waals surface area contributed by atoms with E-state index in [4.69, 9.17) is 10.2 Å². The van der Waals surface area contributed by atoms with Crippen molar-refractivity contribution in [3.8, 4) is 0 Å². The van der Waals surface area contributed by atoms with Gasteiger partial charge in [0.1, 0.15) is 0 Å². The molecule has 0 fully saturated rings. The van der Waals surface area contributed by atoms with Crippen molar-refractivity contribution in [3.05, 3.63) is 60.2 Å². The quantitative estimate of drug-likeness (QED) is 0.463. The molecule has 0 aromatic heterocycles. The number of carbonyl (C=O) groups excluding carboxylic acids is 1. The monoisotopic (exact) mass is 456 g/mol. The Morgan fingerprint density at radius 3 is 2.16 bits per heavy atom. The molecule has 1 atom stereocenters. The number of aliphatic carboxylic acids is 2. The van der Waals surface area contributed by atoms with Gasteiger partial charge in [-0.05, 0) is 45.3 Å². The van der Waals surface area contributed by atoms with Gasteiger partial charge in [0.15, 0.2) is 5.78 Å². The molecule has 0 saturated carbocycles. The summed E-state index contributed by atoms with van der Waals surface area (Å²) in [6.07, 6.45) is 1.65. The van der Waals surface area contributed by atoms with Gasteiger partial charge in [-0.1, -0.05) is 36.9 Å². The van der Waals surface area contributed by atoms with E-state index in [1.54, 1.807) is 11.8 Å². The van der Waals surface area contributed by atoms with Crippen LogP contribution in [0.15, 0.2) is 64.4 Å². The van der Waals surface area contributed by atoms with Gasteiger partial charge >= 0.3 is 11.9 Å². The van der Waals surface area contributed by atoms with E-state index in [9.17, 15) is 14.4 Å². The number of rotatable bonds is 7. The molecule has 1 aliphatic heterocycles. The standard InChI is InChI=1S/C20H24N2OS.C4H4O4/c1-5-18(23)15-10-11-20-17(12-15)22(13-14(2)21(3)4)16-8-6-7-9-19(16)24-20;5-3(6)1-2-4(7)8/h6-12,14H,5,13H2,1-4H3;1-2H,(H,5,6)(H,7,8)/b;2-1-. The van der Waals surface area contributed by atoms with Crippen LogP contribution in [0.2, 0.25) is 0 Å². The molecular weight excluding hydrogens is 428 g/mol. The Morgan fingerprint density at radius 1 is 1.00 bits per heavy atom. The molecule has 0 saturated heterocycles. The Hall–Kier alpha value is -3.10. The van der Waals surface area contributed by atoms with Crippen molar-refractivity contribution < 1.29 is 24.6 Å². The second-order valence-corrected chi connectivity index (χ2v) is 8.55. The van der Waals surface area contributed by atoms with Gasteiger partial charge in [0.25, 0.3) is 0 Å². The molecule has 1 unspecified atom stereocenters. The number of carboxylic acid groups (broad SMARTS) is 2. The average Bonchev–Trinajstić information content (AvgIpc) is 2.77. The summed E-state index contributed by atoms with van der Waals surface area (Å²) >= 11 is 1.78. The lowest BCUT2D eigenvalue weighted by Crippen LogP contribution is -2.37. The molecule has 2 aromatic rings. The molecule has 0 amide bonds. The van der Waals surface area contributed by atoms with Crippen LogP contribution in [0.4, 0.5) is 11.4 Å². The highest BCUT2D eigenvalue weighted by molar-refractivity contribution is 7.99. The molecule has 1 aliphatic rings. The van der Waals surface area contributed by atoms with Gasteiger partial charge in [-0.3, -0.25) is 4.79 Å². The molecule has 0 aliphatic carbocycles. The topological polar surface area (TPSA) is 98.2 Å². The minimum atomic E-state index is -1.26. The van der Waals surface area contributed by atoms with E-state index in [0.717, 1.165) is 17.8 Å². The molecule has 0 spiro atoms. The Morgan fingerprint density at radius 2 is 1.59 bits per heavy atom. The van der Waals surface area contributed by atoms with Crippen LogP contribution in [0, 0.1) is 0 Å². The van der Waals surface area contributed by atoms with E-state index in [2.05, 4.69) is 67.2 Å². The lowest BCUT2D eigenvalue weighted by atomic mass is 10.1. The second-order valence-electron chi connectivity index (χ2n) is 7.46. The number of carboxylic acids is 2. The van der Waals surface area contributed by atoms with Crippen molar-refractivity contribution in [3.63, 3.8) is 0 Å². The van der Waals surface area contributed by atoms with Crippen molar-refractivity contribution in [2.75, 3.05) is 25.5 Å². The third kappa shape index (κ3) is 6.70. The molecular formula is C24H28N2O5S. The number of para-hydroxylation sites is 1. The number of hydrogen-bond acceptors (Lipinski definition) is 6. The molecule has 0 bridgehead atoms. The van der Waals surface area contributed by atoms with Gasteiger partial charge < -0.3 is 20.0 Å². The zero-order valence-electron chi connectivity index (χ0n) is 18.6. The summed E-state index contributed by atoms with van der Waals surface area (Å²) in [5.74, 6) is -2.32. The van der Waals surface area contributed by atoms with Gasteiger partial charge in [-0.2, -0.15) is 0 Å². The van der Waals surface area contributed by atoms with E-state index < -0.39 is 11.9 Å². The van der Waals surface area contributed by atoms with Gasteiger partial charge in [0.05, 0.1) is 11.4 Å². The third-order valence-electron chi connectivity index (χ3n) is 4.97. The summed E-state index contributed by atoms with van der Waals surface area (Å²) in [5.41, 5.74) is 3.18. The maximum atomic E-state index is 12.1. The highest BCUT2D eigenvalue weighted by atomic mass is 32.2. The lowest BCUT2D eigenvalue weighted by Gasteiger charge is -2.36. The van der Waals surface area contributed by atoms with Crippen LogP contribution in [-0.4, -0.2) is 59.5 Å². The largest absolute Gasteiger partial charge is 0.478 e. The fourth-order valence-electron chi connectivity index (χ4n) is 2.97. The molecule has 2 N–H and O–H groups in total. The fraction of sp³-hybridized carbons (Fsp3) is 0.292. The van der Waals surface area contributed by atoms with Gasteiger partial charge in [-0.15, -0.1) is 0 Å². The molecule has 32 heavy (non-hydrogen) atoms. The van der Waals surface area contributed by atoms with E-state index in [1.165, 1.54) is 15.5 Å². The minimum absolute atomic E-state index is 0.197. The predicted octanol–water partition coefficient (Wildman–Crippen LogP) is 4.54. The van der Waals surface area contributed by atoms with Gasteiger partial charge in [-0.25, -0.2) is 9.59 Å². The molecule has 2 aromatic carbocycles. The minimum Gasteiger partial charge on any atom is -0.478 e. The Kier molecular flexibility index (Phi) is 9.04. The number of Topliss-reactive ketones (excluding diaryl/α,β-unsaturated/α-hetero) is 1. The smallest absolute Gasteiger partial charge is 0.328 e. The highest BCUT2D eigenvalue weighted by Gasteiger charge is 2.25. The summed E-state index contributed by atoms with van der Waals surface area (Å²) < 4.78 is 0. The Bertz CT molecular complexity index is 1000. The molecule has 170 valence electrons. The highest BCUT2D eigenvalue weighted by Crippen LogP contribution is 2.48. The molecule has 7 nitrogen and oxygen atoms in total. The summed E-state index contributed by atoms with van der Waals surface area (Å²) in [7, 11) is 4.21. The number of carbonyl (C=O) groups is 3. The number of fused-ring (bicyclic) bond motifs is 2. The van der Waals surface area contributed by atoms with Crippen LogP contribution in [0.5, 0.6) is 0 Å². The van der Waals surface area contributed by atoms with Crippen molar-refractivity contribution in [2.24, 2.45) is 0 Å². The molecule has 1 heterocycles. The van der Waals surface area contributed by atoms with Crippen LogP contribution in [0.1, 0.15) is 30.6 Å². The maximum Gasteiger partial charge on any atom is 0.328 e. The van der Waals surface area contributed by atoms with E-state index in [1.807, 2.05) is 13.0 Å². The van der Waals surface area contributed by atoms with Crippen molar-refractivity contribution in [1.82, 2.24) is 4.90 Å². The van der Waals surface area contributed by atoms with E-state index >= 15 is 0 Å². The molecule has 0 radical (unpaired) electrons. The zero-order chi connectivity index (χ0) is 23.8. The van der Waals surface area contributed by atoms with Crippen molar-refractivity contribution >= 4 is 40.9 Å². The van der Waals surface area contributed by atoms with Crippen LogP contribution in [0.3, 0.4) is 0 Å². The Labute approximate surface area is 192 Å². The first-order chi connectivity index (χ1) is 15.1. The Balaban J connectivity index is 0.000000390. The van der Waals surface area contributed by atoms with Crippen LogP contribution in [0.25, 0.3) is 0 Å². The normalized spacial score (nSPS) is 13.1. The predicted molar refractivity (Wildman–Crippen MR) is 126 cm³/mol. The maximum absolute atomic E-state index is 12.1. The number of ketones is 1. The number of hydrogen-bond donors (Lipinski definition) is 2. The molecule has 3 rings (SSSR count). The van der Waals surface area contributed by atoms with E-state index in [0.29, 0.717) is 24.6 Å². The van der Waals surface area contributed by atoms with E-state index in [-0.39, 0.29) is 5.78 Å². The summed E-state index contributed by atoms with van der Waals surface area (Å²) in [5, 5.41) is 15.6. The lowest BCUT2D eigenvalue weighted by molar-refractivity contribution is -0.134. The van der Waals surface area contributed by atoms with Crippen LogP contribution >= 0.6 is 11.8 Å². The van der Waals surface area contributed by atoms with Crippen molar-refractivity contribution in [1.29, 1.82) is 0 Å². The average molecular weight is 457 g/mol.